The highest BCUT2D eigenvalue weighted by Crippen LogP contribution is 2.38. The lowest BCUT2D eigenvalue weighted by molar-refractivity contribution is -0.0704. The van der Waals surface area contributed by atoms with Gasteiger partial charge in [-0.25, -0.2) is 0 Å². The topological polar surface area (TPSA) is 26.3 Å². The highest BCUT2D eigenvalue weighted by molar-refractivity contribution is 7.08. The minimum absolute atomic E-state index is 0.140. The molecule has 0 bridgehead atoms. The maximum Gasteiger partial charge on any atom is 0.166 e. The first kappa shape index (κ1) is 9.87. The molecule has 1 aliphatic carbocycles. The molecule has 0 N–H and O–H groups in total. The van der Waals surface area contributed by atoms with E-state index in [9.17, 15) is 4.79 Å². The summed E-state index contributed by atoms with van der Waals surface area (Å²) in [6.45, 7) is 0. The molecule has 0 aromatic carbocycles. The van der Waals surface area contributed by atoms with Gasteiger partial charge in [-0.05, 0) is 30.7 Å². The predicted octanol–water partition coefficient (Wildman–Crippen LogP) is 2.89. The molecule has 3 heteroatoms. The van der Waals surface area contributed by atoms with Crippen LogP contribution in [0, 0.1) is 0 Å². The summed E-state index contributed by atoms with van der Waals surface area (Å²) in [5.41, 5.74) is 0.692. The summed E-state index contributed by atoms with van der Waals surface area (Å²) in [6.07, 6.45) is 3.78. The van der Waals surface area contributed by atoms with E-state index in [-0.39, 0.29) is 11.4 Å². The highest BCUT2D eigenvalue weighted by Gasteiger charge is 2.39. The first-order valence-corrected chi connectivity index (χ1v) is 5.81. The van der Waals surface area contributed by atoms with Crippen LogP contribution in [0.4, 0.5) is 0 Å². The van der Waals surface area contributed by atoms with Crippen molar-refractivity contribution >= 4 is 17.1 Å². The molecule has 1 fully saturated rings. The molecule has 0 atom stereocenters. The second kappa shape index (κ2) is 3.83. The zero-order valence-corrected chi connectivity index (χ0v) is 9.10. The normalized spacial score (nSPS) is 18.9. The molecular formula is C11H14O2S. The Morgan fingerprint density at radius 2 is 2.43 bits per heavy atom. The van der Waals surface area contributed by atoms with E-state index in [0.717, 1.165) is 18.4 Å². The van der Waals surface area contributed by atoms with Gasteiger partial charge in [0.15, 0.2) is 5.78 Å². The fourth-order valence-electron chi connectivity index (χ4n) is 1.84. The van der Waals surface area contributed by atoms with Crippen molar-refractivity contribution in [3.05, 3.63) is 22.4 Å². The Morgan fingerprint density at radius 3 is 2.86 bits per heavy atom. The first-order chi connectivity index (χ1) is 6.76. The minimum Gasteiger partial charge on any atom is -0.378 e. The fourth-order valence-corrected chi connectivity index (χ4v) is 2.50. The van der Waals surface area contributed by atoms with Crippen molar-refractivity contribution in [2.24, 2.45) is 0 Å². The average Bonchev–Trinajstić information content (AvgIpc) is 2.63. The zero-order chi connectivity index (χ0) is 10.0. The summed E-state index contributed by atoms with van der Waals surface area (Å²) >= 11 is 1.57. The van der Waals surface area contributed by atoms with Crippen molar-refractivity contribution in [3.8, 4) is 0 Å². The third-order valence-electron chi connectivity index (χ3n) is 3.02. The number of carbonyl (C=O) groups excluding carboxylic acids is 1. The Kier molecular flexibility index (Phi) is 2.70. The Bertz CT molecular complexity index is 307. The summed E-state index contributed by atoms with van der Waals surface area (Å²) in [7, 11) is 1.71. The molecule has 0 saturated heterocycles. The molecule has 0 aliphatic heterocycles. The lowest BCUT2D eigenvalue weighted by Gasteiger charge is -2.39. The van der Waals surface area contributed by atoms with Crippen molar-refractivity contribution < 1.29 is 9.53 Å². The van der Waals surface area contributed by atoms with Gasteiger partial charge < -0.3 is 4.74 Å². The molecule has 0 spiro atoms. The lowest BCUT2D eigenvalue weighted by Crippen LogP contribution is -2.41. The monoisotopic (exact) mass is 210 g/mol. The van der Waals surface area contributed by atoms with Gasteiger partial charge in [0.05, 0.1) is 5.60 Å². The van der Waals surface area contributed by atoms with Gasteiger partial charge in [-0.1, -0.05) is 0 Å². The van der Waals surface area contributed by atoms with Gasteiger partial charge in [-0.15, -0.1) is 0 Å². The molecule has 1 heterocycles. The Labute approximate surface area is 87.9 Å². The molecule has 1 aliphatic rings. The number of ether oxygens (including phenoxy) is 1. The van der Waals surface area contributed by atoms with Gasteiger partial charge in [0, 0.05) is 24.5 Å². The van der Waals surface area contributed by atoms with Crippen molar-refractivity contribution in [1.82, 2.24) is 0 Å². The molecule has 0 radical (unpaired) electrons. The van der Waals surface area contributed by atoms with Crippen LogP contribution in [0.25, 0.3) is 0 Å². The van der Waals surface area contributed by atoms with Crippen LogP contribution in [0.15, 0.2) is 16.8 Å². The number of hydrogen-bond donors (Lipinski definition) is 0. The highest BCUT2D eigenvalue weighted by atomic mass is 32.1. The van der Waals surface area contributed by atoms with E-state index >= 15 is 0 Å². The standard InChI is InChI=1S/C11H14O2S/c1-13-11(4-2-5-11)7-10(12)9-3-6-14-8-9/h3,6,8H,2,4-5,7H2,1H3. The Balaban J connectivity index is 2.01. The van der Waals surface area contributed by atoms with E-state index < -0.39 is 0 Å². The molecule has 2 rings (SSSR count). The number of ketones is 1. The van der Waals surface area contributed by atoms with E-state index in [1.807, 2.05) is 16.8 Å². The minimum atomic E-state index is -0.140. The van der Waals surface area contributed by atoms with Crippen molar-refractivity contribution in [2.45, 2.75) is 31.3 Å². The van der Waals surface area contributed by atoms with Crippen LogP contribution >= 0.6 is 11.3 Å². The third kappa shape index (κ3) is 1.74. The van der Waals surface area contributed by atoms with E-state index in [2.05, 4.69) is 0 Å². The van der Waals surface area contributed by atoms with Crippen LogP contribution < -0.4 is 0 Å². The fraction of sp³-hybridized carbons (Fsp3) is 0.545. The summed E-state index contributed by atoms with van der Waals surface area (Å²) in [4.78, 5) is 11.8. The first-order valence-electron chi connectivity index (χ1n) is 4.86. The Hall–Kier alpha value is -0.670. The maximum atomic E-state index is 11.8. The van der Waals surface area contributed by atoms with Crippen molar-refractivity contribution in [2.75, 3.05) is 7.11 Å². The number of rotatable bonds is 4. The maximum absolute atomic E-state index is 11.8. The molecule has 1 saturated carbocycles. The van der Waals surface area contributed by atoms with Crippen molar-refractivity contribution in [3.63, 3.8) is 0 Å². The molecule has 1 aromatic heterocycles. The van der Waals surface area contributed by atoms with Crippen LogP contribution in [0.3, 0.4) is 0 Å². The molecule has 0 unspecified atom stereocenters. The van der Waals surface area contributed by atoms with Gasteiger partial charge in [0.25, 0.3) is 0 Å². The molecule has 0 amide bonds. The van der Waals surface area contributed by atoms with E-state index in [1.165, 1.54) is 6.42 Å². The molecule has 2 nitrogen and oxygen atoms in total. The third-order valence-corrected chi connectivity index (χ3v) is 3.71. The van der Waals surface area contributed by atoms with Crippen LogP contribution in [0.2, 0.25) is 0 Å². The van der Waals surface area contributed by atoms with Crippen LogP contribution in [0.1, 0.15) is 36.0 Å². The van der Waals surface area contributed by atoms with E-state index in [4.69, 9.17) is 4.74 Å². The van der Waals surface area contributed by atoms with Gasteiger partial charge in [0.2, 0.25) is 0 Å². The van der Waals surface area contributed by atoms with Gasteiger partial charge in [0.1, 0.15) is 0 Å². The van der Waals surface area contributed by atoms with Crippen LogP contribution in [-0.4, -0.2) is 18.5 Å². The molecule has 14 heavy (non-hydrogen) atoms. The second-order valence-electron chi connectivity index (χ2n) is 3.85. The van der Waals surface area contributed by atoms with Gasteiger partial charge in [-0.3, -0.25) is 4.79 Å². The van der Waals surface area contributed by atoms with Crippen molar-refractivity contribution in [1.29, 1.82) is 0 Å². The number of hydrogen-bond acceptors (Lipinski definition) is 3. The second-order valence-corrected chi connectivity index (χ2v) is 4.63. The largest absolute Gasteiger partial charge is 0.378 e. The van der Waals surface area contributed by atoms with Gasteiger partial charge >= 0.3 is 0 Å². The zero-order valence-electron chi connectivity index (χ0n) is 8.29. The molecule has 1 aromatic rings. The number of carbonyl (C=O) groups is 1. The predicted molar refractivity (Wildman–Crippen MR) is 56.9 cm³/mol. The summed E-state index contributed by atoms with van der Waals surface area (Å²) < 4.78 is 5.43. The molecule has 76 valence electrons. The van der Waals surface area contributed by atoms with Gasteiger partial charge in [-0.2, -0.15) is 11.3 Å². The summed E-state index contributed by atoms with van der Waals surface area (Å²) in [6, 6.07) is 1.88. The summed E-state index contributed by atoms with van der Waals surface area (Å²) in [5, 5.41) is 3.85. The average molecular weight is 210 g/mol. The van der Waals surface area contributed by atoms with E-state index in [1.54, 1.807) is 18.4 Å². The van der Waals surface area contributed by atoms with Crippen LogP contribution in [-0.2, 0) is 4.74 Å². The number of Topliss-reactive ketones (excluding diaryl/α,β-unsaturated/α-hetero) is 1. The van der Waals surface area contributed by atoms with Crippen LogP contribution in [0.5, 0.6) is 0 Å². The Morgan fingerprint density at radius 1 is 1.64 bits per heavy atom. The quantitative estimate of drug-likeness (QED) is 0.714. The number of methoxy groups -OCH3 is 1. The number of thiophene rings is 1. The lowest BCUT2D eigenvalue weighted by atomic mass is 9.76. The smallest absolute Gasteiger partial charge is 0.166 e. The molecular weight excluding hydrogens is 196 g/mol. The van der Waals surface area contributed by atoms with E-state index in [0.29, 0.717) is 6.42 Å². The summed E-state index contributed by atoms with van der Waals surface area (Å²) in [5.74, 6) is 0.216. The SMILES string of the molecule is COC1(CC(=O)c2ccsc2)CCC1.